The second kappa shape index (κ2) is 14.2. The molecule has 0 amide bonds. The van der Waals surface area contributed by atoms with Crippen LogP contribution in [0.1, 0.15) is 86.0 Å². The lowest BCUT2D eigenvalue weighted by Gasteiger charge is -2.22. The monoisotopic (exact) mass is 378 g/mol. The molecule has 1 N–H and O–H groups in total. The lowest BCUT2D eigenvalue weighted by atomic mass is 9.86. The predicted octanol–water partition coefficient (Wildman–Crippen LogP) is 5.93. The molecule has 0 radical (unpaired) electrons. The minimum atomic E-state index is 0.164. The molecule has 1 saturated heterocycles. The molecule has 3 heteroatoms. The first-order chi connectivity index (χ1) is 12.9. The quantitative estimate of drug-likeness (QED) is 0.259. The molecule has 27 heavy (non-hydrogen) atoms. The van der Waals surface area contributed by atoms with Crippen molar-refractivity contribution in [2.45, 2.75) is 86.0 Å². The van der Waals surface area contributed by atoms with Gasteiger partial charge in [-0.05, 0) is 69.3 Å². The van der Waals surface area contributed by atoms with Crippen molar-refractivity contribution in [3.63, 3.8) is 0 Å². The minimum absolute atomic E-state index is 0.164. The van der Waals surface area contributed by atoms with E-state index in [2.05, 4.69) is 57.0 Å². The first-order valence-corrected chi connectivity index (χ1v) is 11.4. The summed E-state index contributed by atoms with van der Waals surface area (Å²) in [5.74, 6) is 1.08. The van der Waals surface area contributed by atoms with Crippen molar-refractivity contribution in [2.24, 2.45) is 5.41 Å². The second-order valence-corrected chi connectivity index (χ2v) is 8.96. The van der Waals surface area contributed by atoms with E-state index in [1.54, 1.807) is 0 Å². The Kier molecular flexibility index (Phi) is 12.8. The highest BCUT2D eigenvalue weighted by Gasteiger charge is 2.17. The van der Waals surface area contributed by atoms with Crippen LogP contribution in [-0.4, -0.2) is 44.2 Å². The fraction of sp³-hybridized carbons (Fsp3) is 0.833. The molecule has 1 rings (SSSR count). The number of unbranched alkanes of at least 4 members (excludes halogenated alkanes) is 5. The van der Waals surface area contributed by atoms with Gasteiger partial charge in [-0.2, -0.15) is 0 Å². The number of nitrogens with zero attached hydrogens (tertiary/aromatic N) is 1. The molecule has 1 aliphatic rings. The number of nitrogens with one attached hydrogen (secondary N) is 1. The van der Waals surface area contributed by atoms with Gasteiger partial charge in [0.25, 0.3) is 0 Å². The number of hydrogen-bond acceptors (Lipinski definition) is 3. The van der Waals surface area contributed by atoms with Crippen LogP contribution in [0.5, 0.6) is 0 Å². The predicted molar refractivity (Wildman–Crippen MR) is 119 cm³/mol. The molecule has 0 spiro atoms. The summed E-state index contributed by atoms with van der Waals surface area (Å²) in [4.78, 5) is 2.63. The van der Waals surface area contributed by atoms with Crippen LogP contribution < -0.4 is 5.32 Å². The molecule has 0 atom stereocenters. The van der Waals surface area contributed by atoms with Crippen molar-refractivity contribution >= 4 is 0 Å². The number of ether oxygens (including phenoxy) is 1. The summed E-state index contributed by atoms with van der Waals surface area (Å²) in [6, 6.07) is 0. The summed E-state index contributed by atoms with van der Waals surface area (Å²) in [7, 11) is 0. The molecule has 0 saturated carbocycles. The van der Waals surface area contributed by atoms with Gasteiger partial charge in [-0.3, -0.25) is 0 Å². The summed E-state index contributed by atoms with van der Waals surface area (Å²) in [5, 5.41) is 3.48. The maximum atomic E-state index is 6.13. The fourth-order valence-electron chi connectivity index (χ4n) is 3.33. The number of hydrogen-bond donors (Lipinski definition) is 1. The third-order valence-corrected chi connectivity index (χ3v) is 5.56. The lowest BCUT2D eigenvalue weighted by molar-refractivity contribution is 0.207. The van der Waals surface area contributed by atoms with Crippen LogP contribution in [0.3, 0.4) is 0 Å². The van der Waals surface area contributed by atoms with Gasteiger partial charge in [0, 0.05) is 13.1 Å². The van der Waals surface area contributed by atoms with Crippen molar-refractivity contribution in [3.8, 4) is 0 Å². The number of rotatable bonds is 12. The minimum Gasteiger partial charge on any atom is -0.494 e. The smallest absolute Gasteiger partial charge is 0.118 e. The molecule has 1 fully saturated rings. The SMILES string of the molecule is CC/C=C\C(OCCCCCCCCN1CCCNCC1)=C(/C)C(C)(C)C. The van der Waals surface area contributed by atoms with Crippen molar-refractivity contribution in [1.82, 2.24) is 10.2 Å². The maximum Gasteiger partial charge on any atom is 0.118 e. The Bertz CT molecular complexity index is 426. The third-order valence-electron chi connectivity index (χ3n) is 5.56. The normalized spacial score (nSPS) is 17.8. The molecule has 0 aromatic carbocycles. The Hall–Kier alpha value is -0.800. The van der Waals surface area contributed by atoms with Gasteiger partial charge in [-0.15, -0.1) is 0 Å². The highest BCUT2D eigenvalue weighted by atomic mass is 16.5. The van der Waals surface area contributed by atoms with Gasteiger partial charge >= 0.3 is 0 Å². The van der Waals surface area contributed by atoms with Crippen molar-refractivity contribution < 1.29 is 4.74 Å². The molecular weight excluding hydrogens is 332 g/mol. The van der Waals surface area contributed by atoms with Gasteiger partial charge in [-0.1, -0.05) is 59.5 Å². The van der Waals surface area contributed by atoms with Crippen LogP contribution in [-0.2, 0) is 4.74 Å². The topological polar surface area (TPSA) is 24.5 Å². The lowest BCUT2D eigenvalue weighted by Crippen LogP contribution is -2.29. The van der Waals surface area contributed by atoms with E-state index in [9.17, 15) is 0 Å². The Labute approximate surface area is 169 Å². The van der Waals surface area contributed by atoms with E-state index in [1.807, 2.05) is 0 Å². The van der Waals surface area contributed by atoms with Gasteiger partial charge in [0.05, 0.1) is 6.61 Å². The largest absolute Gasteiger partial charge is 0.494 e. The summed E-state index contributed by atoms with van der Waals surface area (Å²) in [6.07, 6.45) is 14.6. The van der Waals surface area contributed by atoms with Crippen LogP contribution >= 0.6 is 0 Å². The molecule has 0 aliphatic carbocycles. The standard InChI is InChI=1S/C24H46N2O/c1-6-7-15-23(22(2)24(3,4)5)27-21-13-11-9-8-10-12-18-26-19-14-16-25-17-20-26/h7,15,25H,6,8-14,16-21H2,1-5H3/b15-7-,23-22-. The molecule has 1 aliphatic heterocycles. The Morgan fingerprint density at radius 3 is 2.41 bits per heavy atom. The van der Waals surface area contributed by atoms with E-state index >= 15 is 0 Å². The Balaban J connectivity index is 2.11. The van der Waals surface area contributed by atoms with E-state index in [0.29, 0.717) is 0 Å². The average molecular weight is 379 g/mol. The summed E-state index contributed by atoms with van der Waals surface area (Å²) >= 11 is 0. The van der Waals surface area contributed by atoms with Crippen molar-refractivity contribution in [1.29, 1.82) is 0 Å². The van der Waals surface area contributed by atoms with Crippen LogP contribution in [0.15, 0.2) is 23.5 Å². The number of allylic oxidation sites excluding steroid dienone is 3. The van der Waals surface area contributed by atoms with Gasteiger partial charge in [-0.25, -0.2) is 0 Å². The average Bonchev–Trinajstić information content (AvgIpc) is 2.90. The highest BCUT2D eigenvalue weighted by molar-refractivity contribution is 5.23. The summed E-state index contributed by atoms with van der Waals surface area (Å²) in [5.41, 5.74) is 1.51. The Morgan fingerprint density at radius 1 is 1.00 bits per heavy atom. The molecule has 3 nitrogen and oxygen atoms in total. The third kappa shape index (κ3) is 11.6. The second-order valence-electron chi connectivity index (χ2n) is 8.96. The molecule has 0 aromatic heterocycles. The zero-order valence-corrected chi connectivity index (χ0v) is 18.9. The van der Waals surface area contributed by atoms with E-state index in [1.165, 1.54) is 83.2 Å². The van der Waals surface area contributed by atoms with Crippen molar-refractivity contribution in [3.05, 3.63) is 23.5 Å². The Morgan fingerprint density at radius 2 is 1.70 bits per heavy atom. The first kappa shape index (κ1) is 24.2. The summed E-state index contributed by atoms with van der Waals surface area (Å²) < 4.78 is 6.13. The van der Waals surface area contributed by atoms with Gasteiger partial charge in [0.15, 0.2) is 0 Å². The molecular formula is C24H46N2O. The van der Waals surface area contributed by atoms with Crippen LogP contribution in [0.2, 0.25) is 0 Å². The van der Waals surface area contributed by atoms with Crippen LogP contribution in [0.25, 0.3) is 0 Å². The molecule has 158 valence electrons. The van der Waals surface area contributed by atoms with Gasteiger partial charge in [0.2, 0.25) is 0 Å². The van der Waals surface area contributed by atoms with E-state index in [4.69, 9.17) is 4.74 Å². The molecule has 0 unspecified atom stereocenters. The maximum absolute atomic E-state index is 6.13. The first-order valence-electron chi connectivity index (χ1n) is 11.4. The van der Waals surface area contributed by atoms with E-state index in [0.717, 1.165) is 18.8 Å². The zero-order valence-electron chi connectivity index (χ0n) is 18.9. The molecule has 0 aromatic rings. The van der Waals surface area contributed by atoms with E-state index < -0.39 is 0 Å². The zero-order chi connectivity index (χ0) is 20.0. The molecule has 1 heterocycles. The van der Waals surface area contributed by atoms with Gasteiger partial charge < -0.3 is 15.0 Å². The molecule has 0 bridgehead atoms. The fourth-order valence-corrected chi connectivity index (χ4v) is 3.33. The summed E-state index contributed by atoms with van der Waals surface area (Å²) in [6.45, 7) is 18.1. The van der Waals surface area contributed by atoms with E-state index in [-0.39, 0.29) is 5.41 Å². The van der Waals surface area contributed by atoms with Crippen LogP contribution in [0, 0.1) is 5.41 Å². The van der Waals surface area contributed by atoms with Gasteiger partial charge in [0.1, 0.15) is 5.76 Å². The van der Waals surface area contributed by atoms with Crippen LogP contribution in [0.4, 0.5) is 0 Å². The van der Waals surface area contributed by atoms with Crippen molar-refractivity contribution in [2.75, 3.05) is 39.3 Å². The highest BCUT2D eigenvalue weighted by Crippen LogP contribution is 2.28.